The summed E-state index contributed by atoms with van der Waals surface area (Å²) in [6.07, 6.45) is 2.56. The molecule has 1 aromatic heterocycles. The smallest absolute Gasteiger partial charge is 0.231 e. The first-order chi connectivity index (χ1) is 13.8. The lowest BCUT2D eigenvalue weighted by Crippen LogP contribution is -2.38. The van der Waals surface area contributed by atoms with Crippen molar-refractivity contribution in [3.8, 4) is 17.2 Å². The topological polar surface area (TPSA) is 85.6 Å². The lowest BCUT2D eigenvalue weighted by atomic mass is 10.1. The molecule has 0 unspecified atom stereocenters. The third-order valence-electron chi connectivity index (χ3n) is 4.43. The van der Waals surface area contributed by atoms with Crippen molar-refractivity contribution in [2.24, 2.45) is 4.99 Å². The lowest BCUT2D eigenvalue weighted by molar-refractivity contribution is 0.174. The van der Waals surface area contributed by atoms with Crippen LogP contribution in [0.3, 0.4) is 0 Å². The number of nitrogens with one attached hydrogen (secondary N) is 2. The number of hydrogen-bond donors (Lipinski definition) is 2. The van der Waals surface area contributed by atoms with Gasteiger partial charge in [-0.1, -0.05) is 24.3 Å². The summed E-state index contributed by atoms with van der Waals surface area (Å²) in [6.45, 7) is 1.55. The van der Waals surface area contributed by atoms with Gasteiger partial charge in [0, 0.05) is 19.3 Å². The van der Waals surface area contributed by atoms with Crippen LogP contribution in [-0.2, 0) is 13.0 Å². The normalized spacial score (nSPS) is 12.8. The first kappa shape index (κ1) is 17.8. The zero-order valence-electron chi connectivity index (χ0n) is 15.6. The predicted octanol–water partition coefficient (Wildman–Crippen LogP) is 1.90. The van der Waals surface area contributed by atoms with Crippen LogP contribution in [0.5, 0.6) is 11.5 Å². The second-order valence-corrected chi connectivity index (χ2v) is 6.24. The summed E-state index contributed by atoms with van der Waals surface area (Å²) in [5.41, 5.74) is 2.20. The molecule has 2 N–H and O–H groups in total. The van der Waals surface area contributed by atoms with Gasteiger partial charge in [0.05, 0.1) is 6.54 Å². The molecule has 0 fully saturated rings. The van der Waals surface area contributed by atoms with Crippen LogP contribution in [0.15, 0.2) is 59.9 Å². The van der Waals surface area contributed by atoms with Crippen LogP contribution in [0.1, 0.15) is 11.4 Å². The first-order valence-corrected chi connectivity index (χ1v) is 9.11. The van der Waals surface area contributed by atoms with E-state index < -0.39 is 0 Å². The fraction of sp³-hybridized carbons (Fsp3) is 0.250. The van der Waals surface area contributed by atoms with E-state index in [0.29, 0.717) is 19.3 Å². The number of guanidine groups is 1. The second kappa shape index (κ2) is 8.43. The molecule has 0 bridgehead atoms. The summed E-state index contributed by atoms with van der Waals surface area (Å²) in [6, 6.07) is 16.0. The molecule has 0 atom stereocenters. The standard InChI is InChI=1S/C20H22N6O2/c1-21-20(22-10-9-15-7-8-17-18(11-15)28-14-27-17)23-12-19-25-24-13-26(19)16-5-3-2-4-6-16/h2-8,11,13H,9-10,12,14H2,1H3,(H2,21,22,23). The third kappa shape index (κ3) is 4.06. The van der Waals surface area contributed by atoms with E-state index in [4.69, 9.17) is 9.47 Å². The van der Waals surface area contributed by atoms with Gasteiger partial charge in [0.25, 0.3) is 0 Å². The van der Waals surface area contributed by atoms with Crippen molar-refractivity contribution in [3.05, 3.63) is 66.2 Å². The molecule has 0 aliphatic carbocycles. The molecule has 0 saturated heterocycles. The number of hydrogen-bond acceptors (Lipinski definition) is 5. The maximum absolute atomic E-state index is 5.42. The van der Waals surface area contributed by atoms with E-state index in [0.717, 1.165) is 36.0 Å². The van der Waals surface area contributed by atoms with Gasteiger partial charge in [-0.25, -0.2) is 0 Å². The van der Waals surface area contributed by atoms with Crippen LogP contribution < -0.4 is 20.1 Å². The van der Waals surface area contributed by atoms with Gasteiger partial charge in [-0.2, -0.15) is 0 Å². The molecular formula is C20H22N6O2. The highest BCUT2D eigenvalue weighted by molar-refractivity contribution is 5.79. The van der Waals surface area contributed by atoms with Gasteiger partial charge in [0.15, 0.2) is 23.3 Å². The summed E-state index contributed by atoms with van der Waals surface area (Å²) < 4.78 is 12.7. The average Bonchev–Trinajstić information content (AvgIpc) is 3.40. The van der Waals surface area contributed by atoms with Gasteiger partial charge in [0.1, 0.15) is 6.33 Å². The fourth-order valence-corrected chi connectivity index (χ4v) is 2.99. The number of para-hydroxylation sites is 1. The largest absolute Gasteiger partial charge is 0.454 e. The highest BCUT2D eigenvalue weighted by Crippen LogP contribution is 2.32. The molecule has 144 valence electrons. The maximum atomic E-state index is 5.42. The van der Waals surface area contributed by atoms with Gasteiger partial charge in [-0.3, -0.25) is 9.56 Å². The number of nitrogens with zero attached hydrogens (tertiary/aromatic N) is 4. The highest BCUT2D eigenvalue weighted by Gasteiger charge is 2.13. The number of rotatable bonds is 6. The molecule has 2 aromatic carbocycles. The van der Waals surface area contributed by atoms with Crippen molar-refractivity contribution in [2.75, 3.05) is 20.4 Å². The quantitative estimate of drug-likeness (QED) is 0.503. The Labute approximate surface area is 163 Å². The molecule has 3 aromatic rings. The zero-order chi connectivity index (χ0) is 19.2. The van der Waals surface area contributed by atoms with Crippen molar-refractivity contribution in [1.29, 1.82) is 0 Å². The Balaban J connectivity index is 1.30. The number of aromatic nitrogens is 3. The summed E-state index contributed by atoms with van der Waals surface area (Å²) in [4.78, 5) is 4.27. The molecule has 0 radical (unpaired) electrons. The third-order valence-corrected chi connectivity index (χ3v) is 4.43. The number of ether oxygens (including phenoxy) is 2. The van der Waals surface area contributed by atoms with Crippen LogP contribution in [-0.4, -0.2) is 41.1 Å². The summed E-state index contributed by atoms with van der Waals surface area (Å²) in [5, 5.41) is 14.8. The van der Waals surface area contributed by atoms with Gasteiger partial charge in [-0.15, -0.1) is 10.2 Å². The Morgan fingerprint density at radius 2 is 1.96 bits per heavy atom. The predicted molar refractivity (Wildman–Crippen MR) is 106 cm³/mol. The van der Waals surface area contributed by atoms with E-state index >= 15 is 0 Å². The highest BCUT2D eigenvalue weighted by atomic mass is 16.7. The Morgan fingerprint density at radius 1 is 1.11 bits per heavy atom. The second-order valence-electron chi connectivity index (χ2n) is 6.24. The van der Waals surface area contributed by atoms with Crippen LogP contribution in [0.4, 0.5) is 0 Å². The minimum absolute atomic E-state index is 0.293. The lowest BCUT2D eigenvalue weighted by Gasteiger charge is -2.12. The van der Waals surface area contributed by atoms with Crippen LogP contribution in [0, 0.1) is 0 Å². The number of benzene rings is 2. The van der Waals surface area contributed by atoms with Crippen molar-refractivity contribution in [2.45, 2.75) is 13.0 Å². The van der Waals surface area contributed by atoms with Crippen molar-refractivity contribution in [3.63, 3.8) is 0 Å². The van der Waals surface area contributed by atoms with Crippen molar-refractivity contribution in [1.82, 2.24) is 25.4 Å². The molecule has 1 aliphatic heterocycles. The Hall–Kier alpha value is -3.55. The van der Waals surface area contributed by atoms with Crippen LogP contribution in [0.25, 0.3) is 5.69 Å². The van der Waals surface area contributed by atoms with Gasteiger partial charge < -0.3 is 20.1 Å². The molecule has 8 nitrogen and oxygen atoms in total. The van der Waals surface area contributed by atoms with E-state index in [1.54, 1.807) is 13.4 Å². The molecule has 28 heavy (non-hydrogen) atoms. The van der Waals surface area contributed by atoms with E-state index in [2.05, 4.69) is 25.8 Å². The molecule has 0 amide bonds. The summed E-state index contributed by atoms with van der Waals surface area (Å²) >= 11 is 0. The summed E-state index contributed by atoms with van der Waals surface area (Å²) in [5.74, 6) is 3.13. The fourth-order valence-electron chi connectivity index (χ4n) is 2.99. The molecular weight excluding hydrogens is 356 g/mol. The number of aliphatic imine (C=N–C) groups is 1. The van der Waals surface area contributed by atoms with Crippen molar-refractivity contribution >= 4 is 5.96 Å². The van der Waals surface area contributed by atoms with Gasteiger partial charge >= 0.3 is 0 Å². The first-order valence-electron chi connectivity index (χ1n) is 9.11. The van der Waals surface area contributed by atoms with Gasteiger partial charge in [0.2, 0.25) is 6.79 Å². The SMILES string of the molecule is CN=C(NCCc1ccc2c(c1)OCO2)NCc1nncn1-c1ccccc1. The molecule has 0 saturated carbocycles. The zero-order valence-corrected chi connectivity index (χ0v) is 15.6. The Kier molecular flexibility index (Phi) is 5.37. The minimum Gasteiger partial charge on any atom is -0.454 e. The Bertz CT molecular complexity index is 954. The maximum Gasteiger partial charge on any atom is 0.231 e. The van der Waals surface area contributed by atoms with Gasteiger partial charge in [-0.05, 0) is 36.2 Å². The van der Waals surface area contributed by atoms with E-state index in [9.17, 15) is 0 Å². The van der Waals surface area contributed by atoms with E-state index in [1.165, 1.54) is 5.56 Å². The number of fused-ring (bicyclic) bond motifs is 1. The molecule has 1 aliphatic rings. The average molecular weight is 378 g/mol. The van der Waals surface area contributed by atoms with E-state index in [-0.39, 0.29) is 0 Å². The van der Waals surface area contributed by atoms with Crippen LogP contribution >= 0.6 is 0 Å². The van der Waals surface area contributed by atoms with Crippen LogP contribution in [0.2, 0.25) is 0 Å². The Morgan fingerprint density at radius 3 is 2.82 bits per heavy atom. The minimum atomic E-state index is 0.293. The molecule has 8 heteroatoms. The molecule has 2 heterocycles. The molecule has 4 rings (SSSR count). The van der Waals surface area contributed by atoms with E-state index in [1.807, 2.05) is 53.1 Å². The van der Waals surface area contributed by atoms with Crippen molar-refractivity contribution < 1.29 is 9.47 Å². The molecule has 0 spiro atoms. The summed E-state index contributed by atoms with van der Waals surface area (Å²) in [7, 11) is 1.75. The monoisotopic (exact) mass is 378 g/mol.